The molecule has 0 radical (unpaired) electrons. The van der Waals surface area contributed by atoms with Gasteiger partial charge in [-0.15, -0.1) is 0 Å². The molecule has 4 heteroatoms. The van der Waals surface area contributed by atoms with E-state index in [0.717, 1.165) is 6.42 Å². The van der Waals surface area contributed by atoms with Crippen molar-refractivity contribution in [2.45, 2.75) is 31.4 Å². The largest absolute Gasteiger partial charge is 0.330 e. The predicted molar refractivity (Wildman–Crippen MR) is 47.2 cm³/mol. The Hall–Kier alpha value is -0.0900. The summed E-state index contributed by atoms with van der Waals surface area (Å²) in [4.78, 5) is 0. The van der Waals surface area contributed by atoms with E-state index in [4.69, 9.17) is 5.73 Å². The Morgan fingerprint density at radius 1 is 1.36 bits per heavy atom. The first kappa shape index (κ1) is 10.9. The standard InChI is InChI=1S/C7H17NO2S/c1-7(2,5-4-6-8)11(3,9)10/h4-6,8H2,1-3H3. The minimum atomic E-state index is -2.93. The second-order valence-corrected chi connectivity index (χ2v) is 6.07. The highest BCUT2D eigenvalue weighted by atomic mass is 32.2. The lowest BCUT2D eigenvalue weighted by Crippen LogP contribution is -2.31. The van der Waals surface area contributed by atoms with Crippen LogP contribution in [0.5, 0.6) is 0 Å². The molecule has 2 N–H and O–H groups in total. The predicted octanol–water partition coefficient (Wildman–Crippen LogP) is 0.549. The van der Waals surface area contributed by atoms with Crippen LogP contribution in [0.15, 0.2) is 0 Å². The van der Waals surface area contributed by atoms with E-state index in [2.05, 4.69) is 0 Å². The molecule has 0 aliphatic heterocycles. The van der Waals surface area contributed by atoms with E-state index in [1.54, 1.807) is 13.8 Å². The molecule has 0 aliphatic rings. The summed E-state index contributed by atoms with van der Waals surface area (Å²) in [6.07, 6.45) is 2.67. The monoisotopic (exact) mass is 179 g/mol. The third-order valence-electron chi connectivity index (χ3n) is 1.99. The molecule has 0 aliphatic carbocycles. The van der Waals surface area contributed by atoms with E-state index < -0.39 is 14.6 Å². The normalized spacial score (nSPS) is 13.5. The first-order valence-corrected chi connectivity index (χ1v) is 5.60. The number of nitrogens with two attached hydrogens (primary N) is 1. The van der Waals surface area contributed by atoms with Crippen LogP contribution >= 0.6 is 0 Å². The second kappa shape index (κ2) is 3.54. The maximum atomic E-state index is 11.1. The van der Waals surface area contributed by atoms with Crippen LogP contribution in [0.4, 0.5) is 0 Å². The highest BCUT2D eigenvalue weighted by Crippen LogP contribution is 2.20. The molecule has 0 unspecified atom stereocenters. The van der Waals surface area contributed by atoms with E-state index in [0.29, 0.717) is 13.0 Å². The van der Waals surface area contributed by atoms with Crippen molar-refractivity contribution in [3.05, 3.63) is 0 Å². The maximum absolute atomic E-state index is 11.1. The molecule has 0 saturated carbocycles. The van der Waals surface area contributed by atoms with Gasteiger partial charge in [0, 0.05) is 6.26 Å². The van der Waals surface area contributed by atoms with Gasteiger partial charge in [-0.1, -0.05) is 0 Å². The molecule has 0 aromatic carbocycles. The summed E-state index contributed by atoms with van der Waals surface area (Å²) in [6.45, 7) is 4.02. The second-order valence-electron chi connectivity index (χ2n) is 3.42. The molecule has 0 heterocycles. The van der Waals surface area contributed by atoms with Gasteiger partial charge < -0.3 is 5.73 Å². The van der Waals surface area contributed by atoms with Crippen molar-refractivity contribution >= 4 is 9.84 Å². The zero-order valence-corrected chi connectivity index (χ0v) is 8.24. The summed E-state index contributed by atoms with van der Waals surface area (Å²) in [5.41, 5.74) is 5.28. The Morgan fingerprint density at radius 2 is 1.82 bits per heavy atom. The smallest absolute Gasteiger partial charge is 0.152 e. The fourth-order valence-corrected chi connectivity index (χ4v) is 1.23. The Kier molecular flexibility index (Phi) is 3.51. The Labute approximate surface area is 68.9 Å². The van der Waals surface area contributed by atoms with Crippen LogP contribution in [0.3, 0.4) is 0 Å². The van der Waals surface area contributed by atoms with Crippen LogP contribution < -0.4 is 5.73 Å². The van der Waals surface area contributed by atoms with Crippen LogP contribution in [0.2, 0.25) is 0 Å². The molecule has 68 valence electrons. The third kappa shape index (κ3) is 3.20. The van der Waals surface area contributed by atoms with Crippen LogP contribution in [-0.4, -0.2) is 26.0 Å². The van der Waals surface area contributed by atoms with Gasteiger partial charge in [-0.2, -0.15) is 0 Å². The Morgan fingerprint density at radius 3 is 2.09 bits per heavy atom. The van der Waals surface area contributed by atoms with Crippen LogP contribution in [-0.2, 0) is 9.84 Å². The third-order valence-corrected chi connectivity index (χ3v) is 4.20. The molecule has 3 nitrogen and oxygen atoms in total. The zero-order valence-electron chi connectivity index (χ0n) is 7.42. The van der Waals surface area contributed by atoms with Gasteiger partial charge in [0.25, 0.3) is 0 Å². The lowest BCUT2D eigenvalue weighted by molar-refractivity contribution is 0.523. The fourth-order valence-electron chi connectivity index (χ4n) is 0.713. The van der Waals surface area contributed by atoms with Crippen LogP contribution in [0.25, 0.3) is 0 Å². The summed E-state index contributed by atoms with van der Waals surface area (Å²) in [5.74, 6) is 0. The molecular weight excluding hydrogens is 162 g/mol. The maximum Gasteiger partial charge on any atom is 0.152 e. The van der Waals surface area contributed by atoms with E-state index in [1.165, 1.54) is 6.26 Å². The molecule has 0 bridgehead atoms. The fraction of sp³-hybridized carbons (Fsp3) is 1.00. The molecule has 0 atom stereocenters. The van der Waals surface area contributed by atoms with Gasteiger partial charge in [-0.25, -0.2) is 8.42 Å². The molecule has 0 aromatic heterocycles. The molecule has 11 heavy (non-hydrogen) atoms. The van der Waals surface area contributed by atoms with Crippen molar-refractivity contribution in [2.24, 2.45) is 5.73 Å². The van der Waals surface area contributed by atoms with Gasteiger partial charge in [0.1, 0.15) is 0 Å². The molecule has 0 aromatic rings. The average Bonchev–Trinajstić information content (AvgIpc) is 1.81. The Balaban J connectivity index is 4.24. The van der Waals surface area contributed by atoms with Crippen molar-refractivity contribution in [1.82, 2.24) is 0 Å². The van der Waals surface area contributed by atoms with Crippen molar-refractivity contribution in [1.29, 1.82) is 0 Å². The van der Waals surface area contributed by atoms with Crippen LogP contribution in [0.1, 0.15) is 26.7 Å². The van der Waals surface area contributed by atoms with Gasteiger partial charge in [0.15, 0.2) is 9.84 Å². The number of hydrogen-bond acceptors (Lipinski definition) is 3. The van der Waals surface area contributed by atoms with Gasteiger partial charge in [-0.05, 0) is 33.2 Å². The zero-order chi connectivity index (χ0) is 9.12. The first-order chi connectivity index (χ1) is 4.81. The van der Waals surface area contributed by atoms with Gasteiger partial charge in [0.2, 0.25) is 0 Å². The van der Waals surface area contributed by atoms with Crippen molar-refractivity contribution in [3.8, 4) is 0 Å². The van der Waals surface area contributed by atoms with E-state index >= 15 is 0 Å². The average molecular weight is 179 g/mol. The summed E-state index contributed by atoms with van der Waals surface area (Å²) in [7, 11) is -2.93. The topological polar surface area (TPSA) is 60.2 Å². The summed E-state index contributed by atoms with van der Waals surface area (Å²) in [5, 5.41) is 0. The van der Waals surface area contributed by atoms with Crippen molar-refractivity contribution < 1.29 is 8.42 Å². The number of hydrogen-bond donors (Lipinski definition) is 1. The van der Waals surface area contributed by atoms with E-state index in [-0.39, 0.29) is 0 Å². The van der Waals surface area contributed by atoms with E-state index in [9.17, 15) is 8.42 Å². The highest BCUT2D eigenvalue weighted by Gasteiger charge is 2.28. The van der Waals surface area contributed by atoms with Gasteiger partial charge in [-0.3, -0.25) is 0 Å². The lowest BCUT2D eigenvalue weighted by atomic mass is 10.1. The Bertz CT molecular complexity index is 206. The molecular formula is C7H17NO2S. The summed E-state index contributed by atoms with van der Waals surface area (Å²) in [6, 6.07) is 0. The summed E-state index contributed by atoms with van der Waals surface area (Å²) < 4.78 is 21.6. The van der Waals surface area contributed by atoms with Gasteiger partial charge in [0.05, 0.1) is 4.75 Å². The van der Waals surface area contributed by atoms with Crippen LogP contribution in [0, 0.1) is 0 Å². The SMILES string of the molecule is CC(C)(CCCN)S(C)(=O)=O. The highest BCUT2D eigenvalue weighted by molar-refractivity contribution is 7.92. The van der Waals surface area contributed by atoms with Gasteiger partial charge >= 0.3 is 0 Å². The number of rotatable bonds is 4. The first-order valence-electron chi connectivity index (χ1n) is 3.71. The van der Waals surface area contributed by atoms with Crippen molar-refractivity contribution in [3.63, 3.8) is 0 Å². The molecule has 0 amide bonds. The molecule has 0 saturated heterocycles. The van der Waals surface area contributed by atoms with Crippen molar-refractivity contribution in [2.75, 3.05) is 12.8 Å². The molecule has 0 spiro atoms. The lowest BCUT2D eigenvalue weighted by Gasteiger charge is -2.21. The minimum absolute atomic E-state index is 0.555. The quantitative estimate of drug-likeness (QED) is 0.685. The number of sulfone groups is 1. The van der Waals surface area contributed by atoms with E-state index in [1.807, 2.05) is 0 Å². The molecule has 0 fully saturated rings. The minimum Gasteiger partial charge on any atom is -0.330 e. The summed E-state index contributed by atoms with van der Waals surface area (Å²) >= 11 is 0. The molecule has 0 rings (SSSR count).